The standard InChI is InChI=1S/C17H19FN4/c1-13(8-9-14-5-4-6-15(18)11-14)19-12-17-21-20-16-7-2-3-10-22(16)17/h2-7,10-11,13,19H,8-9,12H2,1H3/t13-/m1/s1. The van der Waals surface area contributed by atoms with E-state index in [4.69, 9.17) is 0 Å². The molecule has 3 rings (SSSR count). The molecule has 22 heavy (non-hydrogen) atoms. The molecule has 0 unspecified atom stereocenters. The number of aryl methyl sites for hydroxylation is 1. The molecular weight excluding hydrogens is 279 g/mol. The van der Waals surface area contributed by atoms with E-state index >= 15 is 0 Å². The van der Waals surface area contributed by atoms with E-state index < -0.39 is 0 Å². The van der Waals surface area contributed by atoms with Crippen molar-refractivity contribution in [1.29, 1.82) is 0 Å². The van der Waals surface area contributed by atoms with Crippen LogP contribution in [0.4, 0.5) is 4.39 Å². The molecule has 0 aliphatic rings. The molecule has 2 heterocycles. The second-order valence-corrected chi connectivity index (χ2v) is 5.50. The second-order valence-electron chi connectivity index (χ2n) is 5.50. The monoisotopic (exact) mass is 298 g/mol. The van der Waals surface area contributed by atoms with E-state index in [2.05, 4.69) is 22.4 Å². The van der Waals surface area contributed by atoms with Gasteiger partial charge >= 0.3 is 0 Å². The van der Waals surface area contributed by atoms with Gasteiger partial charge in [0.2, 0.25) is 0 Å². The third kappa shape index (κ3) is 3.49. The molecule has 1 aromatic carbocycles. The Morgan fingerprint density at radius 1 is 1.18 bits per heavy atom. The second kappa shape index (κ2) is 6.66. The summed E-state index contributed by atoms with van der Waals surface area (Å²) in [5, 5.41) is 11.8. The van der Waals surface area contributed by atoms with Crippen LogP contribution in [0.15, 0.2) is 48.7 Å². The molecule has 114 valence electrons. The summed E-state index contributed by atoms with van der Waals surface area (Å²) in [5.41, 5.74) is 1.88. The number of pyridine rings is 1. The minimum Gasteiger partial charge on any atom is -0.307 e. The molecule has 3 aromatic rings. The third-order valence-corrected chi connectivity index (χ3v) is 3.75. The molecule has 4 nitrogen and oxygen atoms in total. The van der Waals surface area contributed by atoms with Gasteiger partial charge in [-0.1, -0.05) is 18.2 Å². The van der Waals surface area contributed by atoms with Gasteiger partial charge in [-0.25, -0.2) is 4.39 Å². The van der Waals surface area contributed by atoms with Crippen molar-refractivity contribution in [2.75, 3.05) is 0 Å². The highest BCUT2D eigenvalue weighted by atomic mass is 19.1. The average molecular weight is 298 g/mol. The first kappa shape index (κ1) is 14.7. The van der Waals surface area contributed by atoms with Gasteiger partial charge in [-0.15, -0.1) is 10.2 Å². The van der Waals surface area contributed by atoms with Crippen LogP contribution in [-0.2, 0) is 13.0 Å². The summed E-state index contributed by atoms with van der Waals surface area (Å²) in [6.45, 7) is 2.79. The van der Waals surface area contributed by atoms with Gasteiger partial charge in [0.25, 0.3) is 0 Å². The Hall–Kier alpha value is -2.27. The number of hydrogen-bond donors (Lipinski definition) is 1. The van der Waals surface area contributed by atoms with E-state index in [1.54, 1.807) is 12.1 Å². The quantitative estimate of drug-likeness (QED) is 0.761. The number of rotatable bonds is 6. The van der Waals surface area contributed by atoms with Crippen molar-refractivity contribution in [2.24, 2.45) is 0 Å². The van der Waals surface area contributed by atoms with Gasteiger partial charge in [-0.05, 0) is 49.6 Å². The van der Waals surface area contributed by atoms with Crippen molar-refractivity contribution in [1.82, 2.24) is 19.9 Å². The number of fused-ring (bicyclic) bond motifs is 1. The van der Waals surface area contributed by atoms with Gasteiger partial charge < -0.3 is 5.32 Å². The van der Waals surface area contributed by atoms with E-state index in [-0.39, 0.29) is 5.82 Å². The molecule has 0 saturated heterocycles. The van der Waals surface area contributed by atoms with Crippen molar-refractivity contribution >= 4 is 5.65 Å². The highest BCUT2D eigenvalue weighted by Gasteiger charge is 2.07. The lowest BCUT2D eigenvalue weighted by Crippen LogP contribution is -2.27. The average Bonchev–Trinajstić information content (AvgIpc) is 2.94. The zero-order valence-corrected chi connectivity index (χ0v) is 12.5. The highest BCUT2D eigenvalue weighted by Crippen LogP contribution is 2.08. The lowest BCUT2D eigenvalue weighted by atomic mass is 10.1. The van der Waals surface area contributed by atoms with E-state index in [0.717, 1.165) is 29.9 Å². The van der Waals surface area contributed by atoms with Crippen LogP contribution in [0, 0.1) is 5.82 Å². The molecule has 1 N–H and O–H groups in total. The minimum absolute atomic E-state index is 0.173. The van der Waals surface area contributed by atoms with Crippen LogP contribution in [-0.4, -0.2) is 20.6 Å². The summed E-state index contributed by atoms with van der Waals surface area (Å²) >= 11 is 0. The van der Waals surface area contributed by atoms with Crippen LogP contribution in [0.1, 0.15) is 24.7 Å². The maximum Gasteiger partial charge on any atom is 0.160 e. The first-order valence-corrected chi connectivity index (χ1v) is 7.49. The van der Waals surface area contributed by atoms with Gasteiger partial charge in [0.05, 0.1) is 6.54 Å². The van der Waals surface area contributed by atoms with Crippen LogP contribution >= 0.6 is 0 Å². The molecule has 0 aliphatic heterocycles. The van der Waals surface area contributed by atoms with Crippen molar-refractivity contribution in [3.63, 3.8) is 0 Å². The first-order valence-electron chi connectivity index (χ1n) is 7.49. The molecule has 5 heteroatoms. The Morgan fingerprint density at radius 2 is 2.09 bits per heavy atom. The van der Waals surface area contributed by atoms with Gasteiger partial charge in [0, 0.05) is 12.2 Å². The molecule has 0 bridgehead atoms. The first-order chi connectivity index (χ1) is 10.7. The fraction of sp³-hybridized carbons (Fsp3) is 0.294. The summed E-state index contributed by atoms with van der Waals surface area (Å²) in [5.74, 6) is 0.723. The van der Waals surface area contributed by atoms with Crippen LogP contribution < -0.4 is 5.32 Å². The van der Waals surface area contributed by atoms with Gasteiger partial charge in [-0.2, -0.15) is 0 Å². The van der Waals surface area contributed by atoms with Gasteiger partial charge in [-0.3, -0.25) is 4.40 Å². The predicted molar refractivity (Wildman–Crippen MR) is 84.0 cm³/mol. The molecule has 0 amide bonds. The van der Waals surface area contributed by atoms with Crippen LogP contribution in [0.25, 0.3) is 5.65 Å². The lowest BCUT2D eigenvalue weighted by Gasteiger charge is -2.13. The summed E-state index contributed by atoms with van der Waals surface area (Å²) in [6.07, 6.45) is 3.76. The predicted octanol–water partition coefficient (Wildman–Crippen LogP) is 2.98. The highest BCUT2D eigenvalue weighted by molar-refractivity contribution is 5.36. The summed E-state index contributed by atoms with van der Waals surface area (Å²) in [4.78, 5) is 0. The van der Waals surface area contributed by atoms with Gasteiger partial charge in [0.15, 0.2) is 11.5 Å². The molecule has 0 radical (unpaired) electrons. The molecule has 1 atom stereocenters. The van der Waals surface area contributed by atoms with Crippen molar-refractivity contribution < 1.29 is 4.39 Å². The van der Waals surface area contributed by atoms with Crippen molar-refractivity contribution in [2.45, 2.75) is 32.4 Å². The molecular formula is C17H19FN4. The maximum atomic E-state index is 13.1. The Kier molecular flexibility index (Phi) is 4.44. The number of hydrogen-bond acceptors (Lipinski definition) is 3. The van der Waals surface area contributed by atoms with E-state index in [1.807, 2.05) is 34.9 Å². The minimum atomic E-state index is -0.173. The fourth-order valence-corrected chi connectivity index (χ4v) is 2.45. The Bertz CT molecular complexity index is 753. The Morgan fingerprint density at radius 3 is 2.95 bits per heavy atom. The van der Waals surface area contributed by atoms with E-state index in [9.17, 15) is 4.39 Å². The largest absolute Gasteiger partial charge is 0.307 e. The van der Waals surface area contributed by atoms with Crippen molar-refractivity contribution in [3.8, 4) is 0 Å². The smallest absolute Gasteiger partial charge is 0.160 e. The molecule has 0 spiro atoms. The number of halogens is 1. The SMILES string of the molecule is C[C@H](CCc1cccc(F)c1)NCc1nnc2ccccn12. The zero-order valence-electron chi connectivity index (χ0n) is 12.5. The maximum absolute atomic E-state index is 13.1. The number of nitrogens with zero attached hydrogens (tertiary/aromatic N) is 3. The fourth-order valence-electron chi connectivity index (χ4n) is 2.45. The number of benzene rings is 1. The summed E-state index contributed by atoms with van der Waals surface area (Å²) < 4.78 is 15.1. The molecule has 0 saturated carbocycles. The molecule has 0 fully saturated rings. The van der Waals surface area contributed by atoms with Crippen molar-refractivity contribution in [3.05, 3.63) is 65.9 Å². The summed E-state index contributed by atoms with van der Waals surface area (Å²) in [7, 11) is 0. The topological polar surface area (TPSA) is 42.2 Å². The Balaban J connectivity index is 1.53. The summed E-state index contributed by atoms with van der Waals surface area (Å²) in [6, 6.07) is 13.0. The normalized spacial score (nSPS) is 12.6. The van der Waals surface area contributed by atoms with Crippen LogP contribution in [0.2, 0.25) is 0 Å². The molecule has 0 aliphatic carbocycles. The number of aromatic nitrogens is 3. The lowest BCUT2D eigenvalue weighted by molar-refractivity contribution is 0.502. The van der Waals surface area contributed by atoms with Gasteiger partial charge in [0.1, 0.15) is 5.82 Å². The Labute approximate surface area is 129 Å². The van der Waals surface area contributed by atoms with Crippen LogP contribution in [0.5, 0.6) is 0 Å². The van der Waals surface area contributed by atoms with Crippen LogP contribution in [0.3, 0.4) is 0 Å². The zero-order chi connectivity index (χ0) is 15.4. The van der Waals surface area contributed by atoms with E-state index in [0.29, 0.717) is 12.6 Å². The molecule has 2 aromatic heterocycles. The third-order valence-electron chi connectivity index (χ3n) is 3.75. The number of nitrogens with one attached hydrogen (secondary N) is 1. The van der Waals surface area contributed by atoms with E-state index in [1.165, 1.54) is 6.07 Å².